The lowest BCUT2D eigenvalue weighted by Gasteiger charge is -2.29. The minimum absolute atomic E-state index is 0.0299. The quantitative estimate of drug-likeness (QED) is 0.697. The van der Waals surface area contributed by atoms with Crippen molar-refractivity contribution in [3.63, 3.8) is 0 Å². The van der Waals surface area contributed by atoms with Gasteiger partial charge in [-0.25, -0.2) is 13.6 Å². The van der Waals surface area contributed by atoms with Crippen molar-refractivity contribution in [2.24, 2.45) is 0 Å². The summed E-state index contributed by atoms with van der Waals surface area (Å²) < 4.78 is 25.1. The summed E-state index contributed by atoms with van der Waals surface area (Å²) in [6.07, 6.45) is 1.87. The number of rotatable bonds is 4. The second-order valence-electron chi connectivity index (χ2n) is 4.45. The van der Waals surface area contributed by atoms with Crippen LogP contribution in [0.25, 0.3) is 0 Å². The van der Waals surface area contributed by atoms with Crippen molar-refractivity contribution in [3.05, 3.63) is 0 Å². The molecule has 1 aliphatic rings. The third-order valence-electron chi connectivity index (χ3n) is 2.76. The van der Waals surface area contributed by atoms with Gasteiger partial charge in [-0.2, -0.15) is 0 Å². The van der Waals surface area contributed by atoms with Crippen molar-refractivity contribution in [1.29, 1.82) is 0 Å². The first-order valence-electron chi connectivity index (χ1n) is 5.47. The summed E-state index contributed by atoms with van der Waals surface area (Å²) in [6.45, 7) is 0.576. The molecule has 0 saturated heterocycles. The summed E-state index contributed by atoms with van der Waals surface area (Å²) >= 11 is 0. The highest BCUT2D eigenvalue weighted by molar-refractivity contribution is 5.64. The van der Waals surface area contributed by atoms with Crippen LogP contribution in [0.15, 0.2) is 0 Å². The van der Waals surface area contributed by atoms with Crippen LogP contribution in [-0.2, 0) is 0 Å². The third-order valence-corrected chi connectivity index (χ3v) is 2.76. The van der Waals surface area contributed by atoms with E-state index in [9.17, 15) is 13.6 Å². The normalized spacial score (nSPS) is 26.4. The van der Waals surface area contributed by atoms with Crippen LogP contribution in [0.1, 0.15) is 32.6 Å². The average molecular weight is 236 g/mol. The molecule has 1 fully saturated rings. The summed E-state index contributed by atoms with van der Waals surface area (Å²) in [5.41, 5.74) is 0. The van der Waals surface area contributed by atoms with Crippen LogP contribution in [0.4, 0.5) is 13.6 Å². The Kier molecular flexibility index (Phi) is 4.46. The highest BCUT2D eigenvalue weighted by Gasteiger charge is 2.26. The Morgan fingerprint density at radius 2 is 1.81 bits per heavy atom. The Balaban J connectivity index is 2.19. The average Bonchev–Trinajstić information content (AvgIpc) is 2.14. The fourth-order valence-electron chi connectivity index (χ4n) is 1.94. The van der Waals surface area contributed by atoms with Crippen molar-refractivity contribution in [2.45, 2.75) is 50.6 Å². The van der Waals surface area contributed by atoms with E-state index in [0.29, 0.717) is 12.8 Å². The van der Waals surface area contributed by atoms with Crippen LogP contribution in [0.2, 0.25) is 0 Å². The Morgan fingerprint density at radius 1 is 1.31 bits per heavy atom. The van der Waals surface area contributed by atoms with E-state index in [1.807, 2.05) is 0 Å². The molecule has 94 valence electrons. The maximum atomic E-state index is 12.6. The smallest absolute Gasteiger partial charge is 0.404 e. The molecule has 0 unspecified atom stereocenters. The molecule has 0 aromatic carbocycles. The molecule has 0 aliphatic heterocycles. The number of carbonyl (C=O) groups is 1. The summed E-state index contributed by atoms with van der Waals surface area (Å²) in [6, 6.07) is 0.0513. The second kappa shape index (κ2) is 5.43. The Labute approximate surface area is 93.4 Å². The van der Waals surface area contributed by atoms with E-state index in [0.717, 1.165) is 19.8 Å². The van der Waals surface area contributed by atoms with Crippen LogP contribution >= 0.6 is 0 Å². The standard InChI is InChI=1S/C10H18F2N2O2/c1-10(11,12)6-13-7-2-4-8(5-3-7)14-9(15)16/h7-8,13-14H,2-6H2,1H3,(H,15,16). The number of nitrogens with one attached hydrogen (secondary N) is 2. The molecular formula is C10H18F2N2O2. The summed E-state index contributed by atoms with van der Waals surface area (Å²) in [5, 5.41) is 13.7. The zero-order valence-corrected chi connectivity index (χ0v) is 9.30. The number of halogens is 2. The van der Waals surface area contributed by atoms with Crippen LogP contribution in [0.5, 0.6) is 0 Å². The van der Waals surface area contributed by atoms with E-state index in [-0.39, 0.29) is 18.6 Å². The van der Waals surface area contributed by atoms with Crippen LogP contribution in [0, 0.1) is 0 Å². The number of hydrogen-bond donors (Lipinski definition) is 3. The van der Waals surface area contributed by atoms with Gasteiger partial charge in [-0.05, 0) is 25.7 Å². The summed E-state index contributed by atoms with van der Waals surface area (Å²) in [7, 11) is 0. The predicted octanol–water partition coefficient (Wildman–Crippen LogP) is 1.81. The topological polar surface area (TPSA) is 61.4 Å². The van der Waals surface area contributed by atoms with Gasteiger partial charge in [0.2, 0.25) is 0 Å². The van der Waals surface area contributed by atoms with Gasteiger partial charge in [0, 0.05) is 19.0 Å². The maximum Gasteiger partial charge on any atom is 0.404 e. The molecule has 1 saturated carbocycles. The van der Waals surface area contributed by atoms with E-state index in [4.69, 9.17) is 5.11 Å². The molecule has 0 atom stereocenters. The van der Waals surface area contributed by atoms with Gasteiger partial charge in [0.1, 0.15) is 0 Å². The van der Waals surface area contributed by atoms with Crippen molar-refractivity contribution < 1.29 is 18.7 Å². The van der Waals surface area contributed by atoms with Gasteiger partial charge in [-0.1, -0.05) is 0 Å². The largest absolute Gasteiger partial charge is 0.465 e. The number of carboxylic acid groups (broad SMARTS) is 1. The first-order chi connectivity index (χ1) is 7.37. The van der Waals surface area contributed by atoms with Gasteiger partial charge in [-0.15, -0.1) is 0 Å². The molecule has 6 heteroatoms. The van der Waals surface area contributed by atoms with Crippen LogP contribution in [0.3, 0.4) is 0 Å². The lowest BCUT2D eigenvalue weighted by atomic mass is 9.91. The Bertz CT molecular complexity index is 235. The first kappa shape index (κ1) is 13.2. The van der Waals surface area contributed by atoms with E-state index in [1.54, 1.807) is 0 Å². The SMILES string of the molecule is CC(F)(F)CNC1CCC(NC(=O)O)CC1. The molecule has 1 rings (SSSR count). The molecule has 0 radical (unpaired) electrons. The van der Waals surface area contributed by atoms with Gasteiger partial charge in [0.25, 0.3) is 5.92 Å². The first-order valence-corrected chi connectivity index (χ1v) is 5.47. The fourth-order valence-corrected chi connectivity index (χ4v) is 1.94. The second-order valence-corrected chi connectivity index (χ2v) is 4.45. The zero-order chi connectivity index (χ0) is 12.2. The van der Waals surface area contributed by atoms with Gasteiger partial charge < -0.3 is 15.7 Å². The van der Waals surface area contributed by atoms with Crippen LogP contribution in [-0.4, -0.2) is 35.8 Å². The van der Waals surface area contributed by atoms with E-state index in [1.165, 1.54) is 0 Å². The number of amides is 1. The monoisotopic (exact) mass is 236 g/mol. The molecular weight excluding hydrogens is 218 g/mol. The van der Waals surface area contributed by atoms with Gasteiger partial charge in [-0.3, -0.25) is 0 Å². The lowest BCUT2D eigenvalue weighted by molar-refractivity contribution is 0.0184. The molecule has 0 heterocycles. The predicted molar refractivity (Wildman–Crippen MR) is 55.8 cm³/mol. The van der Waals surface area contributed by atoms with Crippen molar-refractivity contribution >= 4 is 6.09 Å². The molecule has 4 nitrogen and oxygen atoms in total. The molecule has 0 spiro atoms. The molecule has 0 aromatic heterocycles. The highest BCUT2D eigenvalue weighted by atomic mass is 19.3. The van der Waals surface area contributed by atoms with E-state index in [2.05, 4.69) is 10.6 Å². The maximum absolute atomic E-state index is 12.6. The van der Waals surface area contributed by atoms with E-state index >= 15 is 0 Å². The number of hydrogen-bond acceptors (Lipinski definition) is 2. The Morgan fingerprint density at radius 3 is 2.25 bits per heavy atom. The van der Waals surface area contributed by atoms with Gasteiger partial charge >= 0.3 is 6.09 Å². The minimum Gasteiger partial charge on any atom is -0.465 e. The van der Waals surface area contributed by atoms with Crippen LogP contribution < -0.4 is 10.6 Å². The third kappa shape index (κ3) is 5.25. The minimum atomic E-state index is -2.68. The Hall–Kier alpha value is -0.910. The molecule has 0 bridgehead atoms. The number of alkyl halides is 2. The van der Waals surface area contributed by atoms with Crippen molar-refractivity contribution in [2.75, 3.05) is 6.54 Å². The molecule has 16 heavy (non-hydrogen) atoms. The van der Waals surface area contributed by atoms with Crippen molar-refractivity contribution in [1.82, 2.24) is 10.6 Å². The summed E-state index contributed by atoms with van der Waals surface area (Å²) in [4.78, 5) is 10.4. The highest BCUT2D eigenvalue weighted by Crippen LogP contribution is 2.19. The lowest BCUT2D eigenvalue weighted by Crippen LogP contribution is -2.44. The van der Waals surface area contributed by atoms with Crippen molar-refractivity contribution in [3.8, 4) is 0 Å². The fraction of sp³-hybridized carbons (Fsp3) is 0.900. The summed E-state index contributed by atoms with van der Waals surface area (Å²) in [5.74, 6) is -2.68. The zero-order valence-electron chi connectivity index (χ0n) is 9.30. The molecule has 3 N–H and O–H groups in total. The van der Waals surface area contributed by atoms with E-state index < -0.39 is 12.0 Å². The molecule has 1 aliphatic carbocycles. The molecule has 1 amide bonds. The molecule has 0 aromatic rings. The van der Waals surface area contributed by atoms with Gasteiger partial charge in [0.15, 0.2) is 0 Å². The van der Waals surface area contributed by atoms with Gasteiger partial charge in [0.05, 0.1) is 6.54 Å².